The highest BCUT2D eigenvalue weighted by molar-refractivity contribution is 7.45. The number of hydrogen-bond acceptors (Lipinski definition) is 8. The molecule has 0 aliphatic carbocycles. The number of quaternary nitrogens is 1. The Bertz CT molecular complexity index is 2040. The zero-order chi connectivity index (χ0) is 64.1. The van der Waals surface area contributed by atoms with E-state index in [-0.39, 0.29) is 26.1 Å². The summed E-state index contributed by atoms with van der Waals surface area (Å²) in [7, 11) is 1.14. The van der Waals surface area contributed by atoms with Crippen LogP contribution < -0.4 is 4.89 Å². The van der Waals surface area contributed by atoms with Crippen LogP contribution in [0.25, 0.3) is 0 Å². The number of phosphoric acid groups is 1. The first-order valence-electron chi connectivity index (χ1n) is 35.2. The van der Waals surface area contributed by atoms with E-state index >= 15 is 0 Å². The number of carbonyl (C=O) groups excluding carboxylic acids is 2. The molecule has 0 aliphatic rings. The van der Waals surface area contributed by atoms with Gasteiger partial charge in [-0.05, 0) is 122 Å². The first-order chi connectivity index (χ1) is 43.0. The summed E-state index contributed by atoms with van der Waals surface area (Å²) in [5, 5.41) is 0. The Kier molecular flexibility index (Phi) is 63.7. The van der Waals surface area contributed by atoms with Gasteiger partial charge in [-0.3, -0.25) is 14.2 Å². The van der Waals surface area contributed by atoms with Crippen molar-refractivity contribution in [2.45, 2.75) is 277 Å². The quantitative estimate of drug-likeness (QED) is 0.0195. The van der Waals surface area contributed by atoms with Crippen LogP contribution in [0.2, 0.25) is 0 Å². The fraction of sp³-hybridized carbons (Fsp3) is 0.641. The van der Waals surface area contributed by atoms with E-state index in [1.165, 1.54) is 96.3 Å². The van der Waals surface area contributed by atoms with E-state index in [0.29, 0.717) is 17.4 Å². The van der Waals surface area contributed by atoms with Gasteiger partial charge in [0.25, 0.3) is 7.82 Å². The standard InChI is InChI=1S/C78H130NO8P/c1-6-8-10-12-14-16-18-20-22-24-26-28-30-32-34-36-38-39-41-42-44-46-48-50-52-54-56-58-60-62-64-66-68-70-77(80)84-74-76(75-86-88(82,83)85-73-72-79(3,4)5)87-78(81)71-69-67-65-63-61-59-57-55-53-51-49-47-45-43-40-37-35-33-31-29-27-25-23-21-19-17-15-13-11-9-7-2/h8-11,14-17,20-23,26-29,32-35,40,43,47,49,53,55,76H,6-7,12-13,18-19,24-25,30-31,36-39,41-42,44-46,48,50-52,54,56-75H2,1-5H3/b10-8-,11-9-,16-14-,17-15-,22-20-,23-21-,28-26-,29-27-,34-32-,35-33-,43-40-,49-47-,55-53-. The molecule has 0 radical (unpaired) electrons. The average molecular weight is 1240 g/mol. The summed E-state index contributed by atoms with van der Waals surface area (Å²) < 4.78 is 34.3. The van der Waals surface area contributed by atoms with Gasteiger partial charge in [-0.1, -0.05) is 294 Å². The summed E-state index contributed by atoms with van der Waals surface area (Å²) in [6, 6.07) is 0. The van der Waals surface area contributed by atoms with Crippen LogP contribution in [-0.2, 0) is 32.7 Å². The summed E-state index contributed by atoms with van der Waals surface area (Å²) in [5.74, 6) is -0.854. The summed E-state index contributed by atoms with van der Waals surface area (Å²) in [4.78, 5) is 38.1. The molecule has 0 heterocycles. The lowest BCUT2D eigenvalue weighted by atomic mass is 10.0. The fourth-order valence-corrected chi connectivity index (χ4v) is 9.96. The van der Waals surface area contributed by atoms with Crippen molar-refractivity contribution in [2.24, 2.45) is 0 Å². The second-order valence-corrected chi connectivity index (χ2v) is 25.5. The van der Waals surface area contributed by atoms with Crippen LogP contribution in [0.1, 0.15) is 271 Å². The third-order valence-electron chi connectivity index (χ3n) is 14.5. The van der Waals surface area contributed by atoms with Crippen molar-refractivity contribution in [1.82, 2.24) is 0 Å². The lowest BCUT2D eigenvalue weighted by molar-refractivity contribution is -0.870. The molecular weight excluding hydrogens is 1110 g/mol. The number of hydrogen-bond donors (Lipinski definition) is 0. The SMILES string of the molecule is CC/C=C\C/C=C\C/C=C\C/C=C\C/C=C\C/C=C\C/C=C\C/C=C\CCCCCCCCC(=O)OC(COC(=O)CCCCCCCCCCCCCCCCCCC/C=C\C/C=C\C/C=C\C/C=C\C/C=C\CC)COP(=O)([O-])OCC[N+](C)(C)C. The molecule has 500 valence electrons. The van der Waals surface area contributed by atoms with Gasteiger partial charge in [0.15, 0.2) is 6.10 Å². The van der Waals surface area contributed by atoms with E-state index in [9.17, 15) is 19.0 Å². The van der Waals surface area contributed by atoms with Crippen LogP contribution >= 0.6 is 7.82 Å². The van der Waals surface area contributed by atoms with E-state index in [0.717, 1.165) is 141 Å². The number of likely N-dealkylation sites (N-methyl/N-ethyl adjacent to an activating group) is 1. The smallest absolute Gasteiger partial charge is 0.306 e. The van der Waals surface area contributed by atoms with Gasteiger partial charge in [0.1, 0.15) is 19.8 Å². The number of esters is 2. The maximum absolute atomic E-state index is 12.9. The van der Waals surface area contributed by atoms with E-state index in [1.54, 1.807) is 0 Å². The lowest BCUT2D eigenvalue weighted by Crippen LogP contribution is -2.37. The minimum absolute atomic E-state index is 0.0413. The summed E-state index contributed by atoms with van der Waals surface area (Å²) in [5.41, 5.74) is 0. The highest BCUT2D eigenvalue weighted by atomic mass is 31.2. The molecule has 88 heavy (non-hydrogen) atoms. The third-order valence-corrected chi connectivity index (χ3v) is 15.5. The van der Waals surface area contributed by atoms with Crippen LogP contribution in [0.4, 0.5) is 0 Å². The molecule has 0 saturated carbocycles. The van der Waals surface area contributed by atoms with E-state index in [4.69, 9.17) is 18.5 Å². The van der Waals surface area contributed by atoms with E-state index in [2.05, 4.69) is 172 Å². The molecule has 9 nitrogen and oxygen atoms in total. The number of carbonyl (C=O) groups is 2. The molecule has 0 fully saturated rings. The molecule has 0 aromatic carbocycles. The maximum atomic E-state index is 12.9. The Balaban J connectivity index is 4.12. The van der Waals surface area contributed by atoms with Gasteiger partial charge in [-0.15, -0.1) is 0 Å². The largest absolute Gasteiger partial charge is 0.756 e. The second kappa shape index (κ2) is 67.0. The van der Waals surface area contributed by atoms with Crippen molar-refractivity contribution in [3.63, 3.8) is 0 Å². The van der Waals surface area contributed by atoms with Crippen LogP contribution in [0.3, 0.4) is 0 Å². The van der Waals surface area contributed by atoms with Crippen molar-refractivity contribution in [3.05, 3.63) is 158 Å². The molecule has 0 bridgehead atoms. The molecule has 2 atom stereocenters. The number of phosphoric ester groups is 1. The van der Waals surface area contributed by atoms with Crippen LogP contribution in [0, 0.1) is 0 Å². The zero-order valence-electron chi connectivity index (χ0n) is 56.9. The number of nitrogens with zero attached hydrogens (tertiary/aromatic N) is 1. The predicted octanol–water partition coefficient (Wildman–Crippen LogP) is 22.5. The zero-order valence-corrected chi connectivity index (χ0v) is 57.8. The number of ether oxygens (including phenoxy) is 2. The first-order valence-corrected chi connectivity index (χ1v) is 36.7. The van der Waals surface area contributed by atoms with Gasteiger partial charge in [0.2, 0.25) is 0 Å². The highest BCUT2D eigenvalue weighted by Crippen LogP contribution is 2.38. The van der Waals surface area contributed by atoms with Gasteiger partial charge in [0, 0.05) is 12.8 Å². The molecule has 0 spiro atoms. The Morgan fingerprint density at radius 3 is 0.909 bits per heavy atom. The molecule has 10 heteroatoms. The van der Waals surface area contributed by atoms with Gasteiger partial charge < -0.3 is 27.9 Å². The Labute approximate surface area is 541 Å². The van der Waals surface area contributed by atoms with Crippen LogP contribution in [-0.4, -0.2) is 70.0 Å². The van der Waals surface area contributed by atoms with Crippen molar-refractivity contribution in [1.29, 1.82) is 0 Å². The maximum Gasteiger partial charge on any atom is 0.306 e. The Hall–Kier alpha value is -4.37. The van der Waals surface area contributed by atoms with Crippen LogP contribution in [0.15, 0.2) is 158 Å². The van der Waals surface area contributed by atoms with E-state index < -0.39 is 32.5 Å². The minimum atomic E-state index is -4.66. The molecule has 0 N–H and O–H groups in total. The fourth-order valence-electron chi connectivity index (χ4n) is 9.23. The molecule has 0 aromatic heterocycles. The molecule has 0 rings (SSSR count). The summed E-state index contributed by atoms with van der Waals surface area (Å²) in [6.45, 7) is 3.99. The van der Waals surface area contributed by atoms with Crippen molar-refractivity contribution < 1.29 is 42.1 Å². The van der Waals surface area contributed by atoms with Crippen molar-refractivity contribution in [3.8, 4) is 0 Å². The van der Waals surface area contributed by atoms with Gasteiger partial charge in [-0.25, -0.2) is 0 Å². The molecule has 2 unspecified atom stereocenters. The normalized spacial score (nSPS) is 14.1. The molecule has 0 aromatic rings. The average Bonchev–Trinajstić information content (AvgIpc) is 3.68. The van der Waals surface area contributed by atoms with Gasteiger partial charge in [0.05, 0.1) is 27.7 Å². The Morgan fingerprint density at radius 1 is 0.352 bits per heavy atom. The van der Waals surface area contributed by atoms with Gasteiger partial charge in [-0.2, -0.15) is 0 Å². The van der Waals surface area contributed by atoms with Crippen LogP contribution in [0.5, 0.6) is 0 Å². The number of unbranched alkanes of at least 4 members (excludes halogenated alkanes) is 23. The highest BCUT2D eigenvalue weighted by Gasteiger charge is 2.22. The summed E-state index contributed by atoms with van der Waals surface area (Å²) >= 11 is 0. The topological polar surface area (TPSA) is 111 Å². The summed E-state index contributed by atoms with van der Waals surface area (Å²) in [6.07, 6.45) is 100. The second-order valence-electron chi connectivity index (χ2n) is 24.1. The molecule has 0 amide bonds. The van der Waals surface area contributed by atoms with Crippen molar-refractivity contribution in [2.75, 3.05) is 47.5 Å². The minimum Gasteiger partial charge on any atom is -0.756 e. The number of rotatable bonds is 63. The lowest BCUT2D eigenvalue weighted by Gasteiger charge is -2.28. The monoisotopic (exact) mass is 1240 g/mol. The van der Waals surface area contributed by atoms with Crippen molar-refractivity contribution >= 4 is 19.8 Å². The van der Waals surface area contributed by atoms with E-state index in [1.807, 2.05) is 21.1 Å². The molecule has 0 saturated heterocycles. The van der Waals surface area contributed by atoms with Gasteiger partial charge >= 0.3 is 11.9 Å². The molecule has 0 aliphatic heterocycles. The predicted molar refractivity (Wildman–Crippen MR) is 378 cm³/mol. The molecular formula is C78H130NO8P. The Morgan fingerprint density at radius 2 is 0.614 bits per heavy atom. The number of allylic oxidation sites excluding steroid dienone is 26. The first kappa shape index (κ1) is 83.6. The third kappa shape index (κ3) is 70.7.